The molecule has 5 nitrogen and oxygen atoms in total. The summed E-state index contributed by atoms with van der Waals surface area (Å²) in [4.78, 5) is 12.1. The average Bonchev–Trinajstić information content (AvgIpc) is 3.03. The van der Waals surface area contributed by atoms with Crippen molar-refractivity contribution < 1.29 is 4.79 Å². The summed E-state index contributed by atoms with van der Waals surface area (Å²) in [5, 5.41) is 10.6. The Bertz CT molecular complexity index is 593. The first-order chi connectivity index (χ1) is 10.3. The van der Waals surface area contributed by atoms with E-state index >= 15 is 0 Å². The number of piperidine rings is 1. The molecule has 2 heterocycles. The van der Waals surface area contributed by atoms with Gasteiger partial charge < -0.3 is 10.6 Å². The van der Waals surface area contributed by atoms with E-state index in [-0.39, 0.29) is 24.2 Å². The Hall–Kier alpha value is -1.85. The summed E-state index contributed by atoms with van der Waals surface area (Å²) < 4.78 is 1.83. The van der Waals surface area contributed by atoms with E-state index < -0.39 is 0 Å². The molecule has 3 rings (SSSR count). The Balaban J connectivity index is 0.00000176. The number of rotatable bonds is 4. The molecule has 1 amide bonds. The van der Waals surface area contributed by atoms with Crippen molar-refractivity contribution in [3.8, 4) is 5.69 Å². The van der Waals surface area contributed by atoms with Crippen molar-refractivity contribution in [1.29, 1.82) is 0 Å². The first-order valence-electron chi connectivity index (χ1n) is 7.40. The lowest BCUT2D eigenvalue weighted by Crippen LogP contribution is -2.37. The average molecular weight is 321 g/mol. The molecular weight excluding hydrogens is 300 g/mol. The summed E-state index contributed by atoms with van der Waals surface area (Å²) >= 11 is 0. The predicted molar refractivity (Wildman–Crippen MR) is 88.3 cm³/mol. The zero-order valence-electron chi connectivity index (χ0n) is 12.4. The van der Waals surface area contributed by atoms with E-state index in [1.54, 1.807) is 6.20 Å². The van der Waals surface area contributed by atoms with Crippen LogP contribution in [0.5, 0.6) is 0 Å². The molecule has 2 aromatic rings. The van der Waals surface area contributed by atoms with Crippen LogP contribution in [0.4, 0.5) is 0 Å². The van der Waals surface area contributed by atoms with E-state index in [9.17, 15) is 4.79 Å². The van der Waals surface area contributed by atoms with Crippen molar-refractivity contribution in [3.05, 3.63) is 48.3 Å². The molecule has 1 aromatic carbocycles. The van der Waals surface area contributed by atoms with E-state index in [1.165, 1.54) is 0 Å². The van der Waals surface area contributed by atoms with Crippen LogP contribution in [-0.2, 0) is 11.3 Å². The minimum Gasteiger partial charge on any atom is -0.352 e. The number of carbonyl (C=O) groups excluding carboxylic acids is 1. The molecule has 0 radical (unpaired) electrons. The molecule has 6 heteroatoms. The summed E-state index contributed by atoms with van der Waals surface area (Å²) in [5.74, 6) is 0.305. The number of nitrogens with one attached hydrogen (secondary N) is 2. The molecular formula is C16H21ClN4O. The summed E-state index contributed by atoms with van der Waals surface area (Å²) in [6, 6.07) is 9.95. The van der Waals surface area contributed by atoms with E-state index in [4.69, 9.17) is 0 Å². The Morgan fingerprint density at radius 1 is 1.27 bits per heavy atom. The zero-order chi connectivity index (χ0) is 14.5. The molecule has 1 aliphatic heterocycles. The van der Waals surface area contributed by atoms with Gasteiger partial charge in [-0.25, -0.2) is 4.68 Å². The molecule has 1 aromatic heterocycles. The van der Waals surface area contributed by atoms with Crippen LogP contribution in [0.2, 0.25) is 0 Å². The molecule has 118 valence electrons. The van der Waals surface area contributed by atoms with Crippen molar-refractivity contribution in [2.75, 3.05) is 13.1 Å². The zero-order valence-corrected chi connectivity index (χ0v) is 13.2. The second-order valence-corrected chi connectivity index (χ2v) is 5.37. The van der Waals surface area contributed by atoms with Crippen LogP contribution in [-0.4, -0.2) is 28.8 Å². The van der Waals surface area contributed by atoms with Gasteiger partial charge in [-0.1, -0.05) is 18.2 Å². The minimum absolute atomic E-state index is 0. The Morgan fingerprint density at radius 2 is 2.00 bits per heavy atom. The lowest BCUT2D eigenvalue weighted by molar-refractivity contribution is -0.125. The minimum atomic E-state index is 0. The van der Waals surface area contributed by atoms with Gasteiger partial charge in [-0.3, -0.25) is 4.79 Å². The second kappa shape index (κ2) is 7.96. The highest BCUT2D eigenvalue weighted by Crippen LogP contribution is 2.12. The predicted octanol–water partition coefficient (Wildman–Crippen LogP) is 1.91. The van der Waals surface area contributed by atoms with Gasteiger partial charge in [-0.2, -0.15) is 5.10 Å². The molecule has 22 heavy (non-hydrogen) atoms. The fourth-order valence-electron chi connectivity index (χ4n) is 2.59. The Morgan fingerprint density at radius 3 is 2.73 bits per heavy atom. The number of halogens is 1. The van der Waals surface area contributed by atoms with E-state index in [0.29, 0.717) is 6.54 Å². The van der Waals surface area contributed by atoms with Crippen LogP contribution >= 0.6 is 12.4 Å². The molecule has 1 aliphatic rings. The smallest absolute Gasteiger partial charge is 0.223 e. The number of carbonyl (C=O) groups is 1. The number of benzene rings is 1. The normalized spacial score (nSPS) is 15.1. The highest BCUT2D eigenvalue weighted by Gasteiger charge is 2.20. The first-order valence-corrected chi connectivity index (χ1v) is 7.40. The van der Waals surface area contributed by atoms with Gasteiger partial charge in [0.2, 0.25) is 5.91 Å². The SMILES string of the molecule is Cl.O=C(NCc1cnn(-c2ccccc2)c1)C1CCNCC1. The van der Waals surface area contributed by atoms with E-state index in [0.717, 1.165) is 37.2 Å². The first kappa shape index (κ1) is 16.5. The third-order valence-corrected chi connectivity index (χ3v) is 3.83. The molecule has 0 atom stereocenters. The summed E-state index contributed by atoms with van der Waals surface area (Å²) in [5.41, 5.74) is 2.04. The van der Waals surface area contributed by atoms with Crippen LogP contribution in [0.1, 0.15) is 18.4 Å². The largest absolute Gasteiger partial charge is 0.352 e. The van der Waals surface area contributed by atoms with Crippen molar-refractivity contribution in [3.63, 3.8) is 0 Å². The third-order valence-electron chi connectivity index (χ3n) is 3.83. The summed E-state index contributed by atoms with van der Waals surface area (Å²) in [6.07, 6.45) is 5.61. The molecule has 1 saturated heterocycles. The number of hydrogen-bond acceptors (Lipinski definition) is 3. The quantitative estimate of drug-likeness (QED) is 0.904. The Labute approximate surface area is 136 Å². The van der Waals surface area contributed by atoms with Gasteiger partial charge >= 0.3 is 0 Å². The maximum atomic E-state index is 12.1. The van der Waals surface area contributed by atoms with Crippen molar-refractivity contribution >= 4 is 18.3 Å². The fourth-order valence-corrected chi connectivity index (χ4v) is 2.59. The third kappa shape index (κ3) is 4.08. The molecule has 0 bridgehead atoms. The standard InChI is InChI=1S/C16H20N4O.ClH/c21-16(14-6-8-17-9-7-14)18-10-13-11-19-20(12-13)15-4-2-1-3-5-15;/h1-5,11-12,14,17H,6-10H2,(H,18,21);1H. The maximum Gasteiger partial charge on any atom is 0.223 e. The van der Waals surface area contributed by atoms with Crippen molar-refractivity contribution in [1.82, 2.24) is 20.4 Å². The van der Waals surface area contributed by atoms with Gasteiger partial charge in [0.1, 0.15) is 0 Å². The fraction of sp³-hybridized carbons (Fsp3) is 0.375. The van der Waals surface area contributed by atoms with Crippen LogP contribution in [0.3, 0.4) is 0 Å². The van der Waals surface area contributed by atoms with Crippen molar-refractivity contribution in [2.45, 2.75) is 19.4 Å². The molecule has 0 aliphatic carbocycles. The van der Waals surface area contributed by atoms with Crippen LogP contribution in [0.25, 0.3) is 5.69 Å². The lowest BCUT2D eigenvalue weighted by atomic mass is 9.97. The van der Waals surface area contributed by atoms with Crippen LogP contribution in [0.15, 0.2) is 42.7 Å². The van der Waals surface area contributed by atoms with Crippen molar-refractivity contribution in [2.24, 2.45) is 5.92 Å². The summed E-state index contributed by atoms with van der Waals surface area (Å²) in [6.45, 7) is 2.41. The molecule has 0 spiro atoms. The molecule has 1 fully saturated rings. The number of hydrogen-bond donors (Lipinski definition) is 2. The number of aromatic nitrogens is 2. The van der Waals surface area contributed by atoms with Gasteiger partial charge in [-0.05, 0) is 38.1 Å². The van der Waals surface area contributed by atoms with E-state index in [1.807, 2.05) is 41.2 Å². The Kier molecular flexibility index (Phi) is 5.98. The highest BCUT2D eigenvalue weighted by molar-refractivity contribution is 5.85. The van der Waals surface area contributed by atoms with Gasteiger partial charge in [0.25, 0.3) is 0 Å². The number of amides is 1. The number of nitrogens with zero attached hydrogens (tertiary/aromatic N) is 2. The number of para-hydroxylation sites is 1. The maximum absolute atomic E-state index is 12.1. The van der Waals surface area contributed by atoms with Crippen LogP contribution in [0, 0.1) is 5.92 Å². The van der Waals surface area contributed by atoms with Crippen LogP contribution < -0.4 is 10.6 Å². The monoisotopic (exact) mass is 320 g/mol. The topological polar surface area (TPSA) is 59.0 Å². The lowest BCUT2D eigenvalue weighted by Gasteiger charge is -2.21. The van der Waals surface area contributed by atoms with Gasteiger partial charge in [0.05, 0.1) is 11.9 Å². The van der Waals surface area contributed by atoms with Gasteiger partial charge in [0, 0.05) is 24.2 Å². The van der Waals surface area contributed by atoms with Gasteiger partial charge in [-0.15, -0.1) is 12.4 Å². The molecule has 0 unspecified atom stereocenters. The van der Waals surface area contributed by atoms with Gasteiger partial charge in [0.15, 0.2) is 0 Å². The van der Waals surface area contributed by atoms with E-state index in [2.05, 4.69) is 15.7 Å². The molecule has 0 saturated carbocycles. The highest BCUT2D eigenvalue weighted by atomic mass is 35.5. The molecule has 2 N–H and O–H groups in total. The second-order valence-electron chi connectivity index (χ2n) is 5.37. The summed E-state index contributed by atoms with van der Waals surface area (Å²) in [7, 11) is 0.